The second kappa shape index (κ2) is 6.26. The van der Waals surface area contributed by atoms with Crippen LogP contribution in [0.4, 0.5) is 5.95 Å². The van der Waals surface area contributed by atoms with Crippen LogP contribution in [-0.4, -0.2) is 47.0 Å². The number of H-pyrrole nitrogens is 1. The Kier molecular flexibility index (Phi) is 4.07. The summed E-state index contributed by atoms with van der Waals surface area (Å²) in [5.41, 5.74) is 3.24. The van der Waals surface area contributed by atoms with Gasteiger partial charge in [0, 0.05) is 50.6 Å². The van der Waals surface area contributed by atoms with Gasteiger partial charge < -0.3 is 4.90 Å². The topological polar surface area (TPSA) is 65.1 Å². The van der Waals surface area contributed by atoms with Crippen LogP contribution in [0.5, 0.6) is 0 Å². The molecule has 1 N–H and O–H groups in total. The molecule has 0 radical (unpaired) electrons. The lowest BCUT2D eigenvalue weighted by atomic mass is 9.77. The van der Waals surface area contributed by atoms with Gasteiger partial charge in [-0.1, -0.05) is 6.07 Å². The molecule has 6 nitrogen and oxygen atoms in total. The third-order valence-electron chi connectivity index (χ3n) is 5.57. The molecule has 132 valence electrons. The summed E-state index contributed by atoms with van der Waals surface area (Å²) in [5, 5.41) is 0. The quantitative estimate of drug-likeness (QED) is 0.922. The van der Waals surface area contributed by atoms with Crippen LogP contribution in [0.2, 0.25) is 0 Å². The van der Waals surface area contributed by atoms with Gasteiger partial charge in [0.2, 0.25) is 5.95 Å². The molecular weight excluding hydrogens is 314 g/mol. The number of nitrogens with zero attached hydrogens (tertiary/aromatic N) is 4. The van der Waals surface area contributed by atoms with Crippen molar-refractivity contribution in [3.8, 4) is 0 Å². The summed E-state index contributed by atoms with van der Waals surface area (Å²) >= 11 is 0. The number of aromatic nitrogens is 3. The van der Waals surface area contributed by atoms with E-state index >= 15 is 0 Å². The van der Waals surface area contributed by atoms with Crippen molar-refractivity contribution < 1.29 is 0 Å². The first-order chi connectivity index (χ1) is 12.1. The maximum atomic E-state index is 12.5. The van der Waals surface area contributed by atoms with E-state index in [0.717, 1.165) is 56.6 Å². The van der Waals surface area contributed by atoms with Gasteiger partial charge in [0.05, 0.1) is 5.69 Å². The zero-order valence-corrected chi connectivity index (χ0v) is 15.0. The lowest BCUT2D eigenvalue weighted by molar-refractivity contribution is 0.136. The van der Waals surface area contributed by atoms with Crippen LogP contribution in [0.25, 0.3) is 0 Å². The zero-order chi connectivity index (χ0) is 17.4. The van der Waals surface area contributed by atoms with Crippen LogP contribution in [-0.2, 0) is 18.4 Å². The Balaban J connectivity index is 1.64. The van der Waals surface area contributed by atoms with Gasteiger partial charge in [0.25, 0.3) is 5.56 Å². The molecule has 1 atom stereocenters. The standard InChI is InChI=1S/C19H25N5O/c1-23(2)18-21-16-15(17(25)22-18)6-8-19(16)7-4-10-24(13-19)12-14-5-3-9-20-11-14/h3,5,9,11H,4,6-8,10,12-13H2,1-2H3,(H,21,22,25). The minimum Gasteiger partial charge on any atom is -0.348 e. The van der Waals surface area contributed by atoms with Crippen molar-refractivity contribution >= 4 is 5.95 Å². The molecule has 1 spiro atoms. The summed E-state index contributed by atoms with van der Waals surface area (Å²) < 4.78 is 0. The molecule has 0 saturated carbocycles. The van der Waals surface area contributed by atoms with E-state index in [1.54, 1.807) is 0 Å². The van der Waals surface area contributed by atoms with Gasteiger partial charge in [-0.15, -0.1) is 0 Å². The number of aromatic amines is 1. The molecule has 2 aromatic heterocycles. The van der Waals surface area contributed by atoms with Gasteiger partial charge >= 0.3 is 0 Å². The number of hydrogen-bond acceptors (Lipinski definition) is 5. The van der Waals surface area contributed by atoms with Crippen molar-refractivity contribution in [3.05, 3.63) is 51.7 Å². The molecule has 6 heteroatoms. The Labute approximate surface area is 147 Å². The molecule has 0 bridgehead atoms. The van der Waals surface area contributed by atoms with Crippen molar-refractivity contribution in [2.45, 2.75) is 37.6 Å². The molecule has 3 heterocycles. The third-order valence-corrected chi connectivity index (χ3v) is 5.57. The second-order valence-corrected chi connectivity index (χ2v) is 7.57. The Morgan fingerprint density at radius 3 is 3.00 bits per heavy atom. The van der Waals surface area contributed by atoms with Crippen LogP contribution in [0.1, 0.15) is 36.1 Å². The van der Waals surface area contributed by atoms with Gasteiger partial charge in [-0.3, -0.25) is 19.7 Å². The highest BCUT2D eigenvalue weighted by molar-refractivity contribution is 5.39. The molecule has 25 heavy (non-hydrogen) atoms. The van der Waals surface area contributed by atoms with Gasteiger partial charge in [-0.05, 0) is 43.9 Å². The van der Waals surface area contributed by atoms with Crippen LogP contribution in [0.3, 0.4) is 0 Å². The van der Waals surface area contributed by atoms with E-state index in [1.165, 1.54) is 5.56 Å². The first kappa shape index (κ1) is 16.3. The van der Waals surface area contributed by atoms with Crippen LogP contribution in [0.15, 0.2) is 29.3 Å². The van der Waals surface area contributed by atoms with Crippen molar-refractivity contribution in [3.63, 3.8) is 0 Å². The van der Waals surface area contributed by atoms with Gasteiger partial charge in [-0.2, -0.15) is 0 Å². The molecule has 1 aliphatic carbocycles. The van der Waals surface area contributed by atoms with Crippen molar-refractivity contribution in [1.29, 1.82) is 0 Å². The maximum Gasteiger partial charge on any atom is 0.255 e. The van der Waals surface area contributed by atoms with Crippen molar-refractivity contribution in [2.75, 3.05) is 32.1 Å². The van der Waals surface area contributed by atoms with Gasteiger partial charge in [0.15, 0.2) is 0 Å². The molecule has 1 fully saturated rings. The fourth-order valence-corrected chi connectivity index (χ4v) is 4.36. The van der Waals surface area contributed by atoms with E-state index < -0.39 is 0 Å². The number of pyridine rings is 1. The Morgan fingerprint density at radius 1 is 1.36 bits per heavy atom. The van der Waals surface area contributed by atoms with E-state index in [1.807, 2.05) is 37.5 Å². The second-order valence-electron chi connectivity index (χ2n) is 7.57. The molecule has 0 aromatic carbocycles. The molecule has 1 aliphatic heterocycles. The molecule has 0 amide bonds. The van der Waals surface area contributed by atoms with Crippen LogP contribution < -0.4 is 10.5 Å². The Bertz CT molecular complexity index is 816. The molecule has 4 rings (SSSR count). The summed E-state index contributed by atoms with van der Waals surface area (Å²) in [6.45, 7) is 2.97. The van der Waals surface area contributed by atoms with Crippen molar-refractivity contribution in [1.82, 2.24) is 19.9 Å². The Morgan fingerprint density at radius 2 is 2.24 bits per heavy atom. The normalized spacial score (nSPS) is 23.0. The van der Waals surface area contributed by atoms with Crippen LogP contribution in [0, 0.1) is 0 Å². The van der Waals surface area contributed by atoms with E-state index in [-0.39, 0.29) is 11.0 Å². The summed E-state index contributed by atoms with van der Waals surface area (Å²) in [6.07, 6.45) is 7.88. The number of anilines is 1. The van der Waals surface area contributed by atoms with E-state index in [4.69, 9.17) is 4.98 Å². The lowest BCUT2D eigenvalue weighted by Crippen LogP contribution is -2.45. The molecular formula is C19H25N5O. The summed E-state index contributed by atoms with van der Waals surface area (Å²) in [6, 6.07) is 4.12. The largest absolute Gasteiger partial charge is 0.348 e. The molecule has 1 saturated heterocycles. The lowest BCUT2D eigenvalue weighted by Gasteiger charge is -2.40. The minimum absolute atomic E-state index is 0.0226. The highest BCUT2D eigenvalue weighted by Crippen LogP contribution is 2.43. The monoisotopic (exact) mass is 339 g/mol. The van der Waals surface area contributed by atoms with Crippen LogP contribution >= 0.6 is 0 Å². The zero-order valence-electron chi connectivity index (χ0n) is 15.0. The smallest absolute Gasteiger partial charge is 0.255 e. The third kappa shape index (κ3) is 2.95. The first-order valence-electron chi connectivity index (χ1n) is 9.00. The minimum atomic E-state index is 0.0226. The summed E-state index contributed by atoms with van der Waals surface area (Å²) in [5.74, 6) is 0.661. The van der Waals surface area contributed by atoms with Crippen molar-refractivity contribution in [2.24, 2.45) is 0 Å². The molecule has 2 aliphatic rings. The number of likely N-dealkylation sites (tertiary alicyclic amines) is 1. The number of nitrogens with one attached hydrogen (secondary N) is 1. The van der Waals surface area contributed by atoms with Gasteiger partial charge in [-0.25, -0.2) is 4.98 Å². The number of hydrogen-bond donors (Lipinski definition) is 1. The predicted octanol–water partition coefficient (Wildman–Crippen LogP) is 1.71. The Hall–Kier alpha value is -2.21. The first-order valence-corrected chi connectivity index (χ1v) is 9.00. The molecule has 1 unspecified atom stereocenters. The average molecular weight is 339 g/mol. The summed E-state index contributed by atoms with van der Waals surface area (Å²) in [4.78, 5) is 28.9. The molecule has 2 aromatic rings. The summed E-state index contributed by atoms with van der Waals surface area (Å²) in [7, 11) is 3.84. The average Bonchev–Trinajstić information content (AvgIpc) is 2.94. The highest BCUT2D eigenvalue weighted by atomic mass is 16.1. The fourth-order valence-electron chi connectivity index (χ4n) is 4.36. The van der Waals surface area contributed by atoms with E-state index in [9.17, 15) is 4.79 Å². The number of rotatable bonds is 3. The van der Waals surface area contributed by atoms with E-state index in [2.05, 4.69) is 20.9 Å². The predicted molar refractivity (Wildman–Crippen MR) is 97.9 cm³/mol. The number of fused-ring (bicyclic) bond motifs is 2. The highest BCUT2D eigenvalue weighted by Gasteiger charge is 2.44. The van der Waals surface area contributed by atoms with E-state index in [0.29, 0.717) is 5.95 Å². The number of piperidine rings is 1. The SMILES string of the molecule is CN(C)c1nc2c(c(=O)[nH]1)CCC21CCCN(Cc2cccnc2)C1. The maximum absolute atomic E-state index is 12.5. The fraction of sp³-hybridized carbons (Fsp3) is 0.526. The van der Waals surface area contributed by atoms with Gasteiger partial charge in [0.1, 0.15) is 0 Å².